The average molecular weight is 404 g/mol. The summed E-state index contributed by atoms with van der Waals surface area (Å²) in [6, 6.07) is 6.99. The molecule has 3 heterocycles. The topological polar surface area (TPSA) is 105 Å². The second-order valence-corrected chi connectivity index (χ2v) is 8.01. The molecule has 1 saturated carbocycles. The number of fused-ring (bicyclic) bond motifs is 1. The van der Waals surface area contributed by atoms with Crippen molar-refractivity contribution in [2.45, 2.75) is 24.6 Å². The van der Waals surface area contributed by atoms with Crippen LogP contribution in [0.3, 0.4) is 0 Å². The Morgan fingerprint density at radius 3 is 2.75 bits per heavy atom. The molecular formula is C19H18F2N4O2S. The molecule has 146 valence electrons. The van der Waals surface area contributed by atoms with Crippen LogP contribution >= 0.6 is 11.3 Å². The summed E-state index contributed by atoms with van der Waals surface area (Å²) in [6.45, 7) is 0. The van der Waals surface area contributed by atoms with E-state index in [0.29, 0.717) is 27.3 Å². The van der Waals surface area contributed by atoms with Gasteiger partial charge >= 0.3 is 0 Å². The summed E-state index contributed by atoms with van der Waals surface area (Å²) in [4.78, 5) is 13.5. The second kappa shape index (κ2) is 6.54. The van der Waals surface area contributed by atoms with Crippen LogP contribution in [0.4, 0.5) is 14.6 Å². The standard InChI is InChI=1S/C19H18F2N4O2S/c1-23-8-12-4-11(9-24-16(12)22)14-3-2-10-5-15(28-17(10)25-14)19(26,27)13-6-18(20,21)7-13/h2-5,8-9,13,26-27H,6-7H2,1H3,(H2,22,24). The number of nitrogen functional groups attached to an aromatic ring is 1. The molecule has 6 nitrogen and oxygen atoms in total. The Hall–Kier alpha value is -2.49. The molecule has 0 spiro atoms. The summed E-state index contributed by atoms with van der Waals surface area (Å²) >= 11 is 1.08. The van der Waals surface area contributed by atoms with Crippen molar-refractivity contribution in [2.75, 3.05) is 12.8 Å². The predicted molar refractivity (Wildman–Crippen MR) is 105 cm³/mol. The van der Waals surface area contributed by atoms with Crippen molar-refractivity contribution in [3.63, 3.8) is 0 Å². The number of nitrogens with zero attached hydrogens (tertiary/aromatic N) is 3. The summed E-state index contributed by atoms with van der Waals surface area (Å²) < 4.78 is 26.3. The third kappa shape index (κ3) is 3.25. The molecule has 1 aliphatic rings. The van der Waals surface area contributed by atoms with E-state index in [-0.39, 0.29) is 4.88 Å². The minimum atomic E-state index is -2.83. The maximum Gasteiger partial charge on any atom is 0.249 e. The number of aliphatic imine (C=N–C) groups is 1. The van der Waals surface area contributed by atoms with Crippen LogP contribution in [-0.2, 0) is 5.79 Å². The van der Waals surface area contributed by atoms with Gasteiger partial charge < -0.3 is 15.9 Å². The quantitative estimate of drug-likeness (QED) is 0.458. The maximum absolute atomic E-state index is 13.1. The van der Waals surface area contributed by atoms with E-state index in [0.717, 1.165) is 16.9 Å². The highest BCUT2D eigenvalue weighted by molar-refractivity contribution is 7.18. The molecule has 3 aromatic heterocycles. The highest BCUT2D eigenvalue weighted by Gasteiger charge is 2.55. The molecule has 0 aliphatic heterocycles. The normalized spacial score (nSPS) is 17.3. The number of aromatic nitrogens is 2. The van der Waals surface area contributed by atoms with E-state index < -0.39 is 30.5 Å². The van der Waals surface area contributed by atoms with Gasteiger partial charge in [0.05, 0.1) is 10.6 Å². The monoisotopic (exact) mass is 404 g/mol. The summed E-state index contributed by atoms with van der Waals surface area (Å²) in [7, 11) is 1.64. The van der Waals surface area contributed by atoms with E-state index >= 15 is 0 Å². The summed E-state index contributed by atoms with van der Waals surface area (Å²) in [5.41, 5.74) is 7.87. The molecule has 3 aromatic rings. The first-order chi connectivity index (χ1) is 13.2. The van der Waals surface area contributed by atoms with E-state index in [1.165, 1.54) is 0 Å². The van der Waals surface area contributed by atoms with Crippen LogP contribution in [0, 0.1) is 5.92 Å². The largest absolute Gasteiger partial charge is 0.383 e. The smallest absolute Gasteiger partial charge is 0.249 e. The van der Waals surface area contributed by atoms with Gasteiger partial charge in [-0.1, -0.05) is 0 Å². The van der Waals surface area contributed by atoms with Gasteiger partial charge in [0.1, 0.15) is 10.6 Å². The molecule has 4 rings (SSSR count). The van der Waals surface area contributed by atoms with Gasteiger partial charge in [0.15, 0.2) is 0 Å². The lowest BCUT2D eigenvalue weighted by Gasteiger charge is -2.41. The van der Waals surface area contributed by atoms with Crippen molar-refractivity contribution in [1.29, 1.82) is 0 Å². The highest BCUT2D eigenvalue weighted by atomic mass is 32.1. The third-order valence-corrected chi connectivity index (χ3v) is 6.08. The first-order valence-corrected chi connectivity index (χ1v) is 9.43. The Bertz CT molecular complexity index is 1070. The van der Waals surface area contributed by atoms with Gasteiger partial charge in [-0.3, -0.25) is 4.99 Å². The van der Waals surface area contributed by atoms with Crippen LogP contribution in [0.15, 0.2) is 35.5 Å². The van der Waals surface area contributed by atoms with Crippen molar-refractivity contribution in [2.24, 2.45) is 10.9 Å². The van der Waals surface area contributed by atoms with Gasteiger partial charge in [-0.2, -0.15) is 0 Å². The Morgan fingerprint density at radius 2 is 2.07 bits per heavy atom. The second-order valence-electron chi connectivity index (χ2n) is 6.97. The lowest BCUT2D eigenvalue weighted by atomic mass is 9.75. The van der Waals surface area contributed by atoms with Gasteiger partial charge in [0, 0.05) is 54.7 Å². The minimum absolute atomic E-state index is 0.210. The van der Waals surface area contributed by atoms with Crippen molar-refractivity contribution in [3.05, 3.63) is 40.9 Å². The Morgan fingerprint density at radius 1 is 1.32 bits per heavy atom. The highest BCUT2D eigenvalue weighted by Crippen LogP contribution is 2.51. The summed E-state index contributed by atoms with van der Waals surface area (Å²) in [5.74, 6) is -5.66. The fraction of sp³-hybridized carbons (Fsp3) is 0.316. The molecule has 28 heavy (non-hydrogen) atoms. The number of hydrogen-bond acceptors (Lipinski definition) is 7. The van der Waals surface area contributed by atoms with Crippen LogP contribution in [0.25, 0.3) is 21.5 Å². The zero-order chi connectivity index (χ0) is 20.1. The van der Waals surface area contributed by atoms with Gasteiger partial charge in [-0.25, -0.2) is 18.7 Å². The maximum atomic E-state index is 13.1. The van der Waals surface area contributed by atoms with Crippen molar-refractivity contribution >= 4 is 33.6 Å². The lowest BCUT2D eigenvalue weighted by molar-refractivity contribution is -0.271. The third-order valence-electron chi connectivity index (χ3n) is 4.92. The molecule has 1 fully saturated rings. The number of thiophene rings is 1. The van der Waals surface area contributed by atoms with Crippen molar-refractivity contribution in [3.8, 4) is 11.3 Å². The molecule has 9 heteroatoms. The molecule has 0 bridgehead atoms. The van der Waals surface area contributed by atoms with Crippen molar-refractivity contribution < 1.29 is 19.0 Å². The van der Waals surface area contributed by atoms with Crippen molar-refractivity contribution in [1.82, 2.24) is 9.97 Å². The van der Waals surface area contributed by atoms with E-state index in [1.807, 2.05) is 6.07 Å². The number of pyridine rings is 2. The zero-order valence-electron chi connectivity index (χ0n) is 14.9. The number of anilines is 1. The fourth-order valence-corrected chi connectivity index (χ4v) is 4.38. The molecule has 0 atom stereocenters. The van der Waals surface area contributed by atoms with Gasteiger partial charge in [-0.05, 0) is 24.3 Å². The lowest BCUT2D eigenvalue weighted by Crippen LogP contribution is -2.48. The van der Waals surface area contributed by atoms with Crippen LogP contribution in [-0.4, -0.2) is 39.4 Å². The number of nitrogens with two attached hydrogens (primary N) is 1. The Labute approximate surface area is 163 Å². The fourth-order valence-electron chi connectivity index (χ4n) is 3.28. The van der Waals surface area contributed by atoms with E-state index in [4.69, 9.17) is 5.73 Å². The predicted octanol–water partition coefficient (Wildman–Crippen LogP) is 3.17. The Kier molecular flexibility index (Phi) is 4.40. The molecular weight excluding hydrogens is 386 g/mol. The van der Waals surface area contributed by atoms with Crippen LogP contribution in [0.5, 0.6) is 0 Å². The molecule has 0 unspecified atom stereocenters. The molecule has 0 amide bonds. The number of halogens is 2. The number of hydrogen-bond donors (Lipinski definition) is 3. The number of alkyl halides is 2. The zero-order valence-corrected chi connectivity index (χ0v) is 15.7. The molecule has 4 N–H and O–H groups in total. The molecule has 1 aliphatic carbocycles. The van der Waals surface area contributed by atoms with E-state index in [1.54, 1.807) is 37.7 Å². The van der Waals surface area contributed by atoms with E-state index in [2.05, 4.69) is 15.0 Å². The van der Waals surface area contributed by atoms with E-state index in [9.17, 15) is 19.0 Å². The molecule has 0 saturated heterocycles. The SMILES string of the molecule is CN=Cc1cc(-c2ccc3cc(C(O)(O)C4CC(F)(F)C4)sc3n2)cnc1N. The average Bonchev–Trinajstić information content (AvgIpc) is 3.06. The summed E-state index contributed by atoms with van der Waals surface area (Å²) in [6.07, 6.45) is 2.13. The Balaban J connectivity index is 1.68. The van der Waals surface area contributed by atoms with Gasteiger partial charge in [0.25, 0.3) is 0 Å². The van der Waals surface area contributed by atoms with Crippen LogP contribution in [0.2, 0.25) is 0 Å². The first-order valence-electron chi connectivity index (χ1n) is 8.61. The molecule has 0 radical (unpaired) electrons. The number of aliphatic hydroxyl groups is 2. The summed E-state index contributed by atoms with van der Waals surface area (Å²) in [5, 5.41) is 21.5. The number of rotatable bonds is 4. The molecule has 0 aromatic carbocycles. The van der Waals surface area contributed by atoms with Crippen LogP contribution < -0.4 is 5.73 Å². The van der Waals surface area contributed by atoms with Gasteiger partial charge in [-0.15, -0.1) is 11.3 Å². The van der Waals surface area contributed by atoms with Crippen LogP contribution in [0.1, 0.15) is 23.3 Å². The minimum Gasteiger partial charge on any atom is -0.383 e. The first kappa shape index (κ1) is 18.9. The van der Waals surface area contributed by atoms with Gasteiger partial charge in [0.2, 0.25) is 11.7 Å².